The van der Waals surface area contributed by atoms with Crippen molar-refractivity contribution in [3.8, 4) is 0 Å². The van der Waals surface area contributed by atoms with Crippen LogP contribution in [0, 0.1) is 0 Å². The number of nitrogens with zero attached hydrogens (tertiary/aromatic N) is 1. The van der Waals surface area contributed by atoms with Crippen LogP contribution in [-0.2, 0) is 19.1 Å². The second kappa shape index (κ2) is 6.51. The third-order valence-corrected chi connectivity index (χ3v) is 3.20. The summed E-state index contributed by atoms with van der Waals surface area (Å²) in [5.41, 5.74) is 0. The zero-order valence-corrected chi connectivity index (χ0v) is 11.4. The molecule has 0 unspecified atom stereocenters. The molecule has 1 saturated heterocycles. The number of rotatable bonds is 4. The molecule has 0 spiro atoms. The number of hydrogen-bond donors (Lipinski definition) is 2. The minimum absolute atomic E-state index is 0.141. The molecule has 0 aromatic carbocycles. The lowest BCUT2D eigenvalue weighted by atomic mass is 10.1. The maximum absolute atomic E-state index is 12.1. The maximum Gasteiger partial charge on any atom is 0.328 e. The smallest absolute Gasteiger partial charge is 0.328 e. The predicted molar refractivity (Wildman–Crippen MR) is 66.0 cm³/mol. The van der Waals surface area contributed by atoms with Crippen molar-refractivity contribution in [1.29, 1.82) is 0 Å². The summed E-state index contributed by atoms with van der Waals surface area (Å²) in [5.74, 6) is -1.24. The number of nitrogens with one attached hydrogen (secondary N) is 1. The molecule has 2 N–H and O–H groups in total. The Morgan fingerprint density at radius 3 is 2.58 bits per heavy atom. The number of ether oxygens (including phenoxy) is 1. The molecular formula is C12H20N2O5. The van der Waals surface area contributed by atoms with Gasteiger partial charge < -0.3 is 20.1 Å². The Morgan fingerprint density at radius 1 is 1.47 bits per heavy atom. The Labute approximate surface area is 111 Å². The van der Waals surface area contributed by atoms with E-state index < -0.39 is 30.1 Å². The Hall–Kier alpha value is -1.63. The zero-order valence-electron chi connectivity index (χ0n) is 11.4. The van der Waals surface area contributed by atoms with Gasteiger partial charge in [0.25, 0.3) is 0 Å². The molecule has 0 aromatic heterocycles. The van der Waals surface area contributed by atoms with Gasteiger partial charge in [0.2, 0.25) is 11.8 Å². The van der Waals surface area contributed by atoms with Gasteiger partial charge in [-0.2, -0.15) is 0 Å². The van der Waals surface area contributed by atoms with Crippen molar-refractivity contribution < 1.29 is 24.2 Å². The van der Waals surface area contributed by atoms with Gasteiger partial charge in [0.15, 0.2) is 0 Å². The lowest BCUT2D eigenvalue weighted by Gasteiger charge is -2.24. The van der Waals surface area contributed by atoms with Gasteiger partial charge in [0, 0.05) is 19.9 Å². The van der Waals surface area contributed by atoms with Crippen molar-refractivity contribution in [3.63, 3.8) is 0 Å². The lowest BCUT2D eigenvalue weighted by molar-refractivity contribution is -0.146. The van der Waals surface area contributed by atoms with E-state index in [1.165, 1.54) is 18.9 Å². The normalized spacial score (nSPS) is 23.9. The first-order chi connectivity index (χ1) is 8.90. The first kappa shape index (κ1) is 15.4. The van der Waals surface area contributed by atoms with E-state index in [2.05, 4.69) is 10.1 Å². The zero-order chi connectivity index (χ0) is 14.6. The van der Waals surface area contributed by atoms with Crippen LogP contribution < -0.4 is 5.32 Å². The molecule has 1 heterocycles. The molecule has 7 nitrogen and oxygen atoms in total. The highest BCUT2D eigenvalue weighted by Crippen LogP contribution is 2.18. The van der Waals surface area contributed by atoms with Crippen molar-refractivity contribution in [1.82, 2.24) is 10.2 Å². The topological polar surface area (TPSA) is 95.9 Å². The number of β-amino-alcohol motifs (C(OH)–C–C–N with tert-alkyl or cyclic N) is 1. The number of aliphatic hydroxyl groups is 1. The lowest BCUT2D eigenvalue weighted by Crippen LogP contribution is -2.50. The minimum Gasteiger partial charge on any atom is -0.467 e. The summed E-state index contributed by atoms with van der Waals surface area (Å²) in [4.78, 5) is 36.2. The van der Waals surface area contributed by atoms with Gasteiger partial charge >= 0.3 is 5.97 Å². The number of aliphatic hydroxyl groups excluding tert-OH is 1. The highest BCUT2D eigenvalue weighted by molar-refractivity contribution is 5.90. The van der Waals surface area contributed by atoms with E-state index in [0.717, 1.165) is 0 Å². The van der Waals surface area contributed by atoms with E-state index in [9.17, 15) is 19.5 Å². The first-order valence-electron chi connectivity index (χ1n) is 6.24. The summed E-state index contributed by atoms with van der Waals surface area (Å²) >= 11 is 0. The SMILES string of the molecule is CC[C@@H](NC(=O)[C@@H]1C[C@@H](O)CN1C(C)=O)C(=O)OC. The number of methoxy groups -OCH3 is 1. The third-order valence-electron chi connectivity index (χ3n) is 3.20. The van der Waals surface area contributed by atoms with Crippen LogP contribution in [0.1, 0.15) is 26.7 Å². The average molecular weight is 272 g/mol. The second-order valence-electron chi connectivity index (χ2n) is 4.57. The monoisotopic (exact) mass is 272 g/mol. The number of carbonyl (C=O) groups excluding carboxylic acids is 3. The summed E-state index contributed by atoms with van der Waals surface area (Å²) in [7, 11) is 1.25. The highest BCUT2D eigenvalue weighted by Gasteiger charge is 2.38. The molecule has 2 amide bonds. The Balaban J connectivity index is 2.71. The van der Waals surface area contributed by atoms with Crippen LogP contribution in [0.25, 0.3) is 0 Å². The van der Waals surface area contributed by atoms with E-state index >= 15 is 0 Å². The summed E-state index contributed by atoms with van der Waals surface area (Å²) in [6.07, 6.45) is -0.130. The van der Waals surface area contributed by atoms with Crippen molar-refractivity contribution in [2.45, 2.75) is 44.9 Å². The number of carbonyl (C=O) groups is 3. The predicted octanol–water partition coefficient (Wildman–Crippen LogP) is -0.964. The Bertz CT molecular complexity index is 371. The van der Waals surface area contributed by atoms with Crippen LogP contribution in [-0.4, -0.2) is 59.6 Å². The average Bonchev–Trinajstić information content (AvgIpc) is 2.77. The molecule has 108 valence electrons. The second-order valence-corrected chi connectivity index (χ2v) is 4.57. The van der Waals surface area contributed by atoms with Gasteiger partial charge in [-0.1, -0.05) is 6.92 Å². The van der Waals surface area contributed by atoms with Gasteiger partial charge in [-0.25, -0.2) is 4.79 Å². The Morgan fingerprint density at radius 2 is 2.11 bits per heavy atom. The van der Waals surface area contributed by atoms with E-state index in [1.807, 2.05) is 0 Å². The van der Waals surface area contributed by atoms with Crippen molar-refractivity contribution in [3.05, 3.63) is 0 Å². The van der Waals surface area contributed by atoms with Gasteiger partial charge in [-0.15, -0.1) is 0 Å². The van der Waals surface area contributed by atoms with Crippen molar-refractivity contribution in [2.75, 3.05) is 13.7 Å². The van der Waals surface area contributed by atoms with Crippen LogP contribution in [0.15, 0.2) is 0 Å². The highest BCUT2D eigenvalue weighted by atomic mass is 16.5. The van der Waals surface area contributed by atoms with Gasteiger partial charge in [0.05, 0.1) is 13.2 Å². The first-order valence-corrected chi connectivity index (χ1v) is 6.24. The molecule has 1 rings (SSSR count). The largest absolute Gasteiger partial charge is 0.467 e. The molecule has 19 heavy (non-hydrogen) atoms. The molecule has 1 aliphatic rings. The molecule has 0 saturated carbocycles. The fourth-order valence-corrected chi connectivity index (χ4v) is 2.15. The number of esters is 1. The minimum atomic E-state index is -0.732. The van der Waals surface area contributed by atoms with E-state index in [0.29, 0.717) is 6.42 Å². The van der Waals surface area contributed by atoms with E-state index in [-0.39, 0.29) is 18.9 Å². The number of likely N-dealkylation sites (tertiary alicyclic amines) is 1. The molecule has 1 aliphatic heterocycles. The Kier molecular flexibility index (Phi) is 5.29. The van der Waals surface area contributed by atoms with Crippen LogP contribution in [0.2, 0.25) is 0 Å². The molecule has 0 bridgehead atoms. The van der Waals surface area contributed by atoms with Crippen LogP contribution >= 0.6 is 0 Å². The molecule has 0 radical (unpaired) electrons. The third kappa shape index (κ3) is 3.66. The molecule has 0 aromatic rings. The van der Waals surface area contributed by atoms with Crippen LogP contribution in [0.4, 0.5) is 0 Å². The fourth-order valence-electron chi connectivity index (χ4n) is 2.15. The van der Waals surface area contributed by atoms with Crippen molar-refractivity contribution >= 4 is 17.8 Å². The van der Waals surface area contributed by atoms with Gasteiger partial charge in [-0.05, 0) is 6.42 Å². The number of amides is 2. The molecule has 7 heteroatoms. The van der Waals surface area contributed by atoms with Gasteiger partial charge in [-0.3, -0.25) is 9.59 Å². The molecular weight excluding hydrogens is 252 g/mol. The fraction of sp³-hybridized carbons (Fsp3) is 0.750. The van der Waals surface area contributed by atoms with Crippen molar-refractivity contribution in [2.24, 2.45) is 0 Å². The van der Waals surface area contributed by atoms with Crippen LogP contribution in [0.3, 0.4) is 0 Å². The van der Waals surface area contributed by atoms with Gasteiger partial charge in [0.1, 0.15) is 12.1 Å². The van der Waals surface area contributed by atoms with E-state index in [1.54, 1.807) is 6.92 Å². The summed E-state index contributed by atoms with van der Waals surface area (Å²) < 4.78 is 4.58. The standard InChI is InChI=1S/C12H20N2O5/c1-4-9(12(18)19-3)13-11(17)10-5-8(16)6-14(10)7(2)15/h8-10,16H,4-6H2,1-3H3,(H,13,17)/t8-,9-,10+/m1/s1. The molecule has 1 fully saturated rings. The van der Waals surface area contributed by atoms with E-state index in [4.69, 9.17) is 0 Å². The molecule has 0 aliphatic carbocycles. The summed E-state index contributed by atoms with van der Waals surface area (Å²) in [6.45, 7) is 3.23. The van der Waals surface area contributed by atoms with Crippen LogP contribution in [0.5, 0.6) is 0 Å². The quantitative estimate of drug-likeness (QED) is 0.642. The summed E-state index contributed by atoms with van der Waals surface area (Å²) in [5, 5.41) is 12.1. The summed E-state index contributed by atoms with van der Waals surface area (Å²) in [6, 6.07) is -1.46. The molecule has 3 atom stereocenters. The maximum atomic E-state index is 12.1. The number of hydrogen-bond acceptors (Lipinski definition) is 5.